The third kappa shape index (κ3) is 5.84. The van der Waals surface area contributed by atoms with E-state index in [2.05, 4.69) is 12.2 Å². The Morgan fingerprint density at radius 2 is 2.12 bits per heavy atom. The third-order valence-electron chi connectivity index (χ3n) is 4.33. The number of hydrogen-bond donors (Lipinski definition) is 1. The van der Waals surface area contributed by atoms with Gasteiger partial charge in [-0.3, -0.25) is 4.79 Å². The minimum atomic E-state index is -3.54. The lowest BCUT2D eigenvalue weighted by atomic mass is 9.99. The van der Waals surface area contributed by atoms with Crippen molar-refractivity contribution in [3.63, 3.8) is 0 Å². The summed E-state index contributed by atoms with van der Waals surface area (Å²) in [6.07, 6.45) is 3.33. The van der Waals surface area contributed by atoms with Crippen molar-refractivity contribution < 1.29 is 13.2 Å². The van der Waals surface area contributed by atoms with E-state index in [1.807, 2.05) is 0 Å². The van der Waals surface area contributed by atoms with Gasteiger partial charge in [0.15, 0.2) is 0 Å². The van der Waals surface area contributed by atoms with Crippen LogP contribution in [0.25, 0.3) is 0 Å². The van der Waals surface area contributed by atoms with Crippen LogP contribution in [0.2, 0.25) is 10.0 Å². The lowest BCUT2D eigenvalue weighted by Crippen LogP contribution is -2.45. The zero-order valence-corrected chi connectivity index (χ0v) is 16.6. The van der Waals surface area contributed by atoms with Crippen LogP contribution in [0, 0.1) is 5.92 Å². The number of nitrogens with one attached hydrogen (secondary N) is 1. The molecule has 0 spiro atoms. The van der Waals surface area contributed by atoms with Crippen molar-refractivity contribution >= 4 is 39.1 Å². The fourth-order valence-electron chi connectivity index (χ4n) is 2.87. The summed E-state index contributed by atoms with van der Waals surface area (Å²) in [5.74, 6) is -0.536. The van der Waals surface area contributed by atoms with E-state index < -0.39 is 10.0 Å². The Morgan fingerprint density at radius 1 is 1.36 bits per heavy atom. The second kappa shape index (κ2) is 9.21. The summed E-state index contributed by atoms with van der Waals surface area (Å²) in [6, 6.07) is 4.79. The first kappa shape index (κ1) is 20.5. The zero-order chi connectivity index (χ0) is 18.4. The molecule has 25 heavy (non-hydrogen) atoms. The number of amides is 1. The Bertz CT molecular complexity index is 710. The molecule has 8 heteroatoms. The van der Waals surface area contributed by atoms with Gasteiger partial charge in [-0.15, -0.1) is 0 Å². The van der Waals surface area contributed by atoms with Crippen molar-refractivity contribution in [2.24, 2.45) is 5.92 Å². The molecule has 1 fully saturated rings. The second-order valence-corrected chi connectivity index (χ2v) is 9.15. The number of carbonyl (C=O) groups excluding carboxylic acids is 1. The number of piperidine rings is 1. The van der Waals surface area contributed by atoms with Gasteiger partial charge in [-0.25, -0.2) is 12.7 Å². The number of carbonyl (C=O) groups is 1. The molecule has 0 unspecified atom stereocenters. The van der Waals surface area contributed by atoms with Crippen LogP contribution < -0.4 is 5.32 Å². The summed E-state index contributed by atoms with van der Waals surface area (Å²) < 4.78 is 26.9. The van der Waals surface area contributed by atoms with Gasteiger partial charge in [-0.05, 0) is 37.0 Å². The summed E-state index contributed by atoms with van der Waals surface area (Å²) in [7, 11) is -3.54. The Balaban J connectivity index is 2.02. The van der Waals surface area contributed by atoms with Crippen molar-refractivity contribution in [2.45, 2.75) is 38.4 Å². The minimum Gasteiger partial charge on any atom is -0.356 e. The molecule has 0 saturated carbocycles. The van der Waals surface area contributed by atoms with E-state index >= 15 is 0 Å². The molecule has 1 aromatic rings. The van der Waals surface area contributed by atoms with E-state index in [-0.39, 0.29) is 24.1 Å². The number of halogens is 2. The summed E-state index contributed by atoms with van der Waals surface area (Å²) in [5, 5.41) is 3.69. The third-order valence-corrected chi connectivity index (χ3v) is 6.71. The average Bonchev–Trinajstić information content (AvgIpc) is 2.57. The van der Waals surface area contributed by atoms with E-state index in [0.29, 0.717) is 41.5 Å². The van der Waals surface area contributed by atoms with Gasteiger partial charge < -0.3 is 5.32 Å². The number of sulfonamides is 1. The molecular formula is C17H24Cl2N2O3S. The lowest BCUT2D eigenvalue weighted by Gasteiger charge is -2.31. The van der Waals surface area contributed by atoms with Gasteiger partial charge in [0.25, 0.3) is 0 Å². The van der Waals surface area contributed by atoms with E-state index in [0.717, 1.165) is 12.8 Å². The second-order valence-electron chi connectivity index (χ2n) is 6.33. The van der Waals surface area contributed by atoms with Crippen LogP contribution >= 0.6 is 23.2 Å². The molecule has 1 atom stereocenters. The normalized spacial score (nSPS) is 18.9. The van der Waals surface area contributed by atoms with Gasteiger partial charge in [-0.2, -0.15) is 0 Å². The molecule has 1 heterocycles. The first-order chi connectivity index (χ1) is 11.8. The molecule has 1 amide bonds. The monoisotopic (exact) mass is 406 g/mol. The molecule has 1 aliphatic rings. The van der Waals surface area contributed by atoms with Gasteiger partial charge in [0, 0.05) is 29.7 Å². The molecule has 0 aromatic heterocycles. The van der Waals surface area contributed by atoms with Crippen LogP contribution in [0.1, 0.15) is 38.2 Å². The summed E-state index contributed by atoms with van der Waals surface area (Å²) >= 11 is 11.9. The van der Waals surface area contributed by atoms with Gasteiger partial charge in [0.05, 0.1) is 11.7 Å². The van der Waals surface area contributed by atoms with Crippen LogP contribution in [-0.4, -0.2) is 38.3 Å². The Hall–Kier alpha value is -0.820. The lowest BCUT2D eigenvalue weighted by molar-refractivity contribution is -0.126. The van der Waals surface area contributed by atoms with Crippen molar-refractivity contribution in [3.8, 4) is 0 Å². The molecule has 2 rings (SSSR count). The molecule has 1 aromatic carbocycles. The molecule has 1 saturated heterocycles. The average molecular weight is 407 g/mol. The standard InChI is InChI=1S/C17H24Cl2N2O3S/c1-2-3-8-20-17(22)13-5-4-9-21(11-13)25(23,24)12-14-6-7-15(18)10-16(14)19/h6-7,10,13H,2-5,8-9,11-12H2,1H3,(H,20,22)/t13-/m0/s1. The highest BCUT2D eigenvalue weighted by Crippen LogP contribution is 2.26. The van der Waals surface area contributed by atoms with Crippen molar-refractivity contribution in [2.75, 3.05) is 19.6 Å². The van der Waals surface area contributed by atoms with E-state index in [1.165, 1.54) is 10.4 Å². The Morgan fingerprint density at radius 3 is 2.80 bits per heavy atom. The van der Waals surface area contributed by atoms with Gasteiger partial charge in [0.1, 0.15) is 0 Å². The fourth-order valence-corrected chi connectivity index (χ4v) is 5.06. The molecule has 1 aliphatic heterocycles. The number of nitrogens with zero attached hydrogens (tertiary/aromatic N) is 1. The van der Waals surface area contributed by atoms with Gasteiger partial charge in [-0.1, -0.05) is 42.6 Å². The predicted molar refractivity (Wildman–Crippen MR) is 101 cm³/mol. The van der Waals surface area contributed by atoms with E-state index in [4.69, 9.17) is 23.2 Å². The summed E-state index contributed by atoms with van der Waals surface area (Å²) in [4.78, 5) is 12.2. The van der Waals surface area contributed by atoms with Crippen LogP contribution in [0.3, 0.4) is 0 Å². The molecule has 1 N–H and O–H groups in total. The van der Waals surface area contributed by atoms with Crippen LogP contribution in [0.4, 0.5) is 0 Å². The van der Waals surface area contributed by atoms with Crippen LogP contribution in [0.15, 0.2) is 18.2 Å². The van der Waals surface area contributed by atoms with E-state index in [9.17, 15) is 13.2 Å². The predicted octanol–water partition coefficient (Wildman–Crippen LogP) is 3.45. The first-order valence-electron chi connectivity index (χ1n) is 8.53. The van der Waals surface area contributed by atoms with E-state index in [1.54, 1.807) is 12.1 Å². The molecule has 140 valence electrons. The van der Waals surface area contributed by atoms with Gasteiger partial charge >= 0.3 is 0 Å². The van der Waals surface area contributed by atoms with Crippen molar-refractivity contribution in [3.05, 3.63) is 33.8 Å². The highest BCUT2D eigenvalue weighted by atomic mass is 35.5. The number of hydrogen-bond acceptors (Lipinski definition) is 3. The maximum atomic E-state index is 12.7. The van der Waals surface area contributed by atoms with Crippen LogP contribution in [0.5, 0.6) is 0 Å². The molecule has 0 aliphatic carbocycles. The van der Waals surface area contributed by atoms with Crippen LogP contribution in [-0.2, 0) is 20.6 Å². The van der Waals surface area contributed by atoms with Crippen molar-refractivity contribution in [1.29, 1.82) is 0 Å². The molecular weight excluding hydrogens is 383 g/mol. The Labute approximate surface area is 159 Å². The zero-order valence-electron chi connectivity index (χ0n) is 14.3. The highest BCUT2D eigenvalue weighted by molar-refractivity contribution is 7.88. The first-order valence-corrected chi connectivity index (χ1v) is 10.9. The quantitative estimate of drug-likeness (QED) is 0.704. The molecule has 0 radical (unpaired) electrons. The molecule has 0 bridgehead atoms. The van der Waals surface area contributed by atoms with Gasteiger partial charge in [0.2, 0.25) is 15.9 Å². The highest BCUT2D eigenvalue weighted by Gasteiger charge is 2.32. The fraction of sp³-hybridized carbons (Fsp3) is 0.588. The number of benzene rings is 1. The summed E-state index contributed by atoms with van der Waals surface area (Å²) in [5.41, 5.74) is 0.514. The Kier molecular flexibility index (Phi) is 7.55. The molecule has 5 nitrogen and oxygen atoms in total. The maximum absolute atomic E-state index is 12.7. The number of rotatable bonds is 7. The topological polar surface area (TPSA) is 66.5 Å². The maximum Gasteiger partial charge on any atom is 0.224 e. The smallest absolute Gasteiger partial charge is 0.224 e. The summed E-state index contributed by atoms with van der Waals surface area (Å²) in [6.45, 7) is 3.36. The SMILES string of the molecule is CCCCNC(=O)[C@H]1CCCN(S(=O)(=O)Cc2ccc(Cl)cc2Cl)C1. The number of unbranched alkanes of at least 4 members (excludes halogenated alkanes) is 1. The minimum absolute atomic E-state index is 0.0575. The van der Waals surface area contributed by atoms with Crippen molar-refractivity contribution in [1.82, 2.24) is 9.62 Å². The largest absolute Gasteiger partial charge is 0.356 e.